The van der Waals surface area contributed by atoms with E-state index in [1.54, 1.807) is 37.3 Å². The Morgan fingerprint density at radius 2 is 1.13 bits per heavy atom. The second-order valence-electron chi connectivity index (χ2n) is 6.73. The Morgan fingerprint density at radius 1 is 0.667 bits per heavy atom. The van der Waals surface area contributed by atoms with E-state index in [1.807, 2.05) is 6.92 Å². The van der Waals surface area contributed by atoms with Crippen molar-refractivity contribution >= 4 is 31.4 Å². The number of nitrogens with one attached hydrogen (secondary N) is 2. The van der Waals surface area contributed by atoms with Crippen molar-refractivity contribution in [3.8, 4) is 5.75 Å². The first-order valence-electron chi connectivity index (χ1n) is 8.98. The first-order chi connectivity index (χ1) is 14.1. The Labute approximate surface area is 176 Å². The van der Waals surface area contributed by atoms with Crippen LogP contribution in [0, 0.1) is 13.8 Å². The molecule has 2 N–H and O–H groups in total. The third kappa shape index (κ3) is 4.92. The summed E-state index contributed by atoms with van der Waals surface area (Å²) in [5.41, 5.74) is 2.39. The maximum Gasteiger partial charge on any atom is 0.261 e. The van der Waals surface area contributed by atoms with E-state index in [2.05, 4.69) is 9.44 Å². The molecular weight excluding hydrogens is 424 g/mol. The minimum atomic E-state index is -3.83. The van der Waals surface area contributed by atoms with Gasteiger partial charge >= 0.3 is 0 Å². The molecule has 0 aromatic heterocycles. The van der Waals surface area contributed by atoms with Crippen molar-refractivity contribution in [1.29, 1.82) is 0 Å². The van der Waals surface area contributed by atoms with Crippen LogP contribution < -0.4 is 14.2 Å². The highest BCUT2D eigenvalue weighted by molar-refractivity contribution is 7.93. The van der Waals surface area contributed by atoms with Crippen molar-refractivity contribution in [2.75, 3.05) is 16.6 Å². The van der Waals surface area contributed by atoms with Gasteiger partial charge in [-0.1, -0.05) is 17.7 Å². The van der Waals surface area contributed by atoms with E-state index in [9.17, 15) is 16.8 Å². The van der Waals surface area contributed by atoms with E-state index >= 15 is 0 Å². The number of anilines is 2. The fourth-order valence-corrected chi connectivity index (χ4v) is 4.97. The third-order valence-electron chi connectivity index (χ3n) is 4.40. The van der Waals surface area contributed by atoms with E-state index in [1.165, 1.54) is 43.5 Å². The van der Waals surface area contributed by atoms with Crippen LogP contribution in [0.3, 0.4) is 0 Å². The second kappa shape index (κ2) is 8.37. The molecule has 3 aromatic carbocycles. The topological polar surface area (TPSA) is 102 Å². The highest BCUT2D eigenvalue weighted by Gasteiger charge is 2.18. The van der Waals surface area contributed by atoms with Gasteiger partial charge in [-0.15, -0.1) is 0 Å². The monoisotopic (exact) mass is 446 g/mol. The Morgan fingerprint density at radius 3 is 1.63 bits per heavy atom. The minimum Gasteiger partial charge on any atom is -0.496 e. The van der Waals surface area contributed by atoms with E-state index in [4.69, 9.17) is 4.74 Å². The van der Waals surface area contributed by atoms with Crippen LogP contribution in [-0.2, 0) is 20.0 Å². The summed E-state index contributed by atoms with van der Waals surface area (Å²) in [6, 6.07) is 17.0. The highest BCUT2D eigenvalue weighted by Crippen LogP contribution is 2.24. The molecule has 0 saturated heterocycles. The summed E-state index contributed by atoms with van der Waals surface area (Å²) in [6.45, 7) is 3.66. The number of sulfonamides is 2. The van der Waals surface area contributed by atoms with Crippen LogP contribution >= 0.6 is 0 Å². The molecule has 0 atom stereocenters. The summed E-state index contributed by atoms with van der Waals surface area (Å²) in [4.78, 5) is 0.102. The van der Waals surface area contributed by atoms with Crippen LogP contribution in [0.15, 0.2) is 76.5 Å². The first kappa shape index (κ1) is 21.7. The van der Waals surface area contributed by atoms with Gasteiger partial charge in [-0.05, 0) is 74.0 Å². The fraction of sp³-hybridized carbons (Fsp3) is 0.143. The van der Waals surface area contributed by atoms with Gasteiger partial charge in [-0.2, -0.15) is 0 Å². The molecule has 3 rings (SSSR count). The van der Waals surface area contributed by atoms with Crippen molar-refractivity contribution in [2.24, 2.45) is 0 Å². The maximum absolute atomic E-state index is 12.6. The average molecular weight is 447 g/mol. The number of methoxy groups -OCH3 is 1. The minimum absolute atomic E-state index is 0.0197. The number of hydrogen-bond donors (Lipinski definition) is 2. The molecule has 0 radical (unpaired) electrons. The van der Waals surface area contributed by atoms with Gasteiger partial charge in [-0.25, -0.2) is 16.8 Å². The molecule has 0 aliphatic carbocycles. The SMILES string of the molecule is COc1ccc(S(=O)(=O)Nc2ccc(S(=O)(=O)Nc3ccc(C)cc3)cc2)cc1C. The van der Waals surface area contributed by atoms with Gasteiger partial charge in [-0.3, -0.25) is 9.44 Å². The van der Waals surface area contributed by atoms with Gasteiger partial charge in [0.15, 0.2) is 0 Å². The van der Waals surface area contributed by atoms with Gasteiger partial charge in [0.25, 0.3) is 20.0 Å². The van der Waals surface area contributed by atoms with Crippen LogP contribution in [0.25, 0.3) is 0 Å². The number of benzene rings is 3. The zero-order valence-electron chi connectivity index (χ0n) is 16.7. The van der Waals surface area contributed by atoms with Gasteiger partial charge in [0.1, 0.15) is 5.75 Å². The lowest BCUT2D eigenvalue weighted by Crippen LogP contribution is -2.14. The summed E-state index contributed by atoms with van der Waals surface area (Å²) in [5.74, 6) is 0.588. The molecule has 0 bridgehead atoms. The second-order valence-corrected chi connectivity index (χ2v) is 10.1. The van der Waals surface area contributed by atoms with Gasteiger partial charge in [0, 0.05) is 11.4 Å². The fourth-order valence-electron chi connectivity index (χ4n) is 2.77. The number of rotatable bonds is 7. The molecule has 0 saturated carbocycles. The number of ether oxygens (including phenoxy) is 1. The summed E-state index contributed by atoms with van der Waals surface area (Å²) < 4.78 is 60.4. The molecule has 30 heavy (non-hydrogen) atoms. The Kier molecular flexibility index (Phi) is 6.04. The molecule has 0 amide bonds. The summed E-state index contributed by atoms with van der Waals surface area (Å²) in [7, 11) is -6.11. The predicted molar refractivity (Wildman–Crippen MR) is 117 cm³/mol. The van der Waals surface area contributed by atoms with Crippen molar-refractivity contribution in [2.45, 2.75) is 23.6 Å². The van der Waals surface area contributed by atoms with Crippen LogP contribution in [0.2, 0.25) is 0 Å². The maximum atomic E-state index is 12.6. The molecule has 9 heteroatoms. The Bertz CT molecular complexity index is 1250. The van der Waals surface area contributed by atoms with Crippen molar-refractivity contribution < 1.29 is 21.6 Å². The molecule has 158 valence electrons. The van der Waals surface area contributed by atoms with Gasteiger partial charge in [0.2, 0.25) is 0 Å². The van der Waals surface area contributed by atoms with Crippen LogP contribution in [-0.4, -0.2) is 23.9 Å². The third-order valence-corrected chi connectivity index (χ3v) is 7.17. The predicted octanol–water partition coefficient (Wildman–Crippen LogP) is 3.91. The lowest BCUT2D eigenvalue weighted by atomic mass is 10.2. The quantitative estimate of drug-likeness (QED) is 0.573. The molecule has 3 aromatic rings. The van der Waals surface area contributed by atoms with E-state index in [-0.39, 0.29) is 15.5 Å². The molecular formula is C21H22N2O5S2. The van der Waals surface area contributed by atoms with E-state index in [0.29, 0.717) is 17.0 Å². The molecule has 0 unspecified atom stereocenters. The largest absolute Gasteiger partial charge is 0.496 e. The molecule has 0 fully saturated rings. The van der Waals surface area contributed by atoms with Crippen LogP contribution in [0.4, 0.5) is 11.4 Å². The van der Waals surface area contributed by atoms with E-state index in [0.717, 1.165) is 5.56 Å². The van der Waals surface area contributed by atoms with E-state index < -0.39 is 20.0 Å². The highest BCUT2D eigenvalue weighted by atomic mass is 32.2. The van der Waals surface area contributed by atoms with Gasteiger partial charge in [0.05, 0.1) is 16.9 Å². The normalized spacial score (nSPS) is 11.7. The zero-order chi connectivity index (χ0) is 21.9. The molecule has 0 aliphatic heterocycles. The standard InChI is InChI=1S/C21H22N2O5S2/c1-15-4-6-17(7-5-15)22-29(24,25)19-10-8-18(9-11-19)23-30(26,27)20-12-13-21(28-3)16(2)14-20/h4-14,22-23H,1-3H3. The molecule has 0 spiro atoms. The van der Waals surface area contributed by atoms with Crippen molar-refractivity contribution in [1.82, 2.24) is 0 Å². The number of hydrogen-bond acceptors (Lipinski definition) is 5. The van der Waals surface area contributed by atoms with Gasteiger partial charge < -0.3 is 4.74 Å². The lowest BCUT2D eigenvalue weighted by molar-refractivity contribution is 0.411. The van der Waals surface area contributed by atoms with Crippen molar-refractivity contribution in [3.05, 3.63) is 77.9 Å². The number of aryl methyl sites for hydroxylation is 2. The van der Waals surface area contributed by atoms with Crippen LogP contribution in [0.5, 0.6) is 5.75 Å². The summed E-state index contributed by atoms with van der Waals surface area (Å²) in [5, 5.41) is 0. The van der Waals surface area contributed by atoms with Crippen molar-refractivity contribution in [3.63, 3.8) is 0 Å². The Balaban J connectivity index is 1.78. The zero-order valence-corrected chi connectivity index (χ0v) is 18.3. The summed E-state index contributed by atoms with van der Waals surface area (Å²) >= 11 is 0. The molecule has 7 nitrogen and oxygen atoms in total. The first-order valence-corrected chi connectivity index (χ1v) is 11.9. The molecule has 0 aliphatic rings. The Hall–Kier alpha value is -3.04. The summed E-state index contributed by atoms with van der Waals surface area (Å²) in [6.07, 6.45) is 0. The lowest BCUT2D eigenvalue weighted by Gasteiger charge is -2.12. The smallest absolute Gasteiger partial charge is 0.261 e. The molecule has 0 heterocycles. The average Bonchev–Trinajstić information content (AvgIpc) is 2.69. The van der Waals surface area contributed by atoms with Crippen LogP contribution in [0.1, 0.15) is 11.1 Å².